The molecule has 0 bridgehead atoms. The first-order chi connectivity index (χ1) is 19.4. The van der Waals surface area contributed by atoms with Crippen LogP contribution in [0.1, 0.15) is 66.0 Å². The van der Waals surface area contributed by atoms with Crippen LogP contribution in [0.25, 0.3) is 0 Å². The molecule has 1 amide bonds. The van der Waals surface area contributed by atoms with Crippen molar-refractivity contribution in [3.8, 4) is 0 Å². The summed E-state index contributed by atoms with van der Waals surface area (Å²) in [5.74, 6) is -1.92. The average molecular weight is 623 g/mol. The van der Waals surface area contributed by atoms with Crippen molar-refractivity contribution in [1.82, 2.24) is 9.80 Å². The summed E-state index contributed by atoms with van der Waals surface area (Å²) >= 11 is 0. The van der Waals surface area contributed by atoms with E-state index < -0.39 is 62.9 Å². The van der Waals surface area contributed by atoms with E-state index >= 15 is 0 Å². The van der Waals surface area contributed by atoms with Gasteiger partial charge in [-0.1, -0.05) is 6.07 Å². The molecule has 13 heteroatoms. The van der Waals surface area contributed by atoms with Crippen molar-refractivity contribution in [1.29, 1.82) is 0 Å². The Labute approximate surface area is 240 Å². The van der Waals surface area contributed by atoms with Crippen LogP contribution in [0.5, 0.6) is 0 Å². The Morgan fingerprint density at radius 3 is 2.05 bits per heavy atom. The second-order valence-corrected chi connectivity index (χ2v) is 13.6. The summed E-state index contributed by atoms with van der Waals surface area (Å²) in [5, 5.41) is 0. The number of hydrogen-bond acceptors (Lipinski definition) is 4. The van der Waals surface area contributed by atoms with Crippen LogP contribution in [0, 0.1) is 18.7 Å². The lowest BCUT2D eigenvalue weighted by Crippen LogP contribution is -2.51. The molecular weight excluding hydrogens is 589 g/mol. The third-order valence-corrected chi connectivity index (χ3v) is 10.4. The molecule has 2 saturated heterocycles. The summed E-state index contributed by atoms with van der Waals surface area (Å²) in [6.07, 6.45) is -8.81. The minimum Gasteiger partial charge on any atom is -0.339 e. The van der Waals surface area contributed by atoms with Crippen LogP contribution in [0.3, 0.4) is 0 Å². The molecule has 2 heterocycles. The predicted octanol–water partition coefficient (Wildman–Crippen LogP) is 6.37. The number of hydrogen-bond donors (Lipinski definition) is 0. The first-order valence-corrected chi connectivity index (χ1v) is 15.5. The summed E-state index contributed by atoms with van der Waals surface area (Å²) in [6, 6.07) is 4.40. The quantitative estimate of drug-likeness (QED) is 0.364. The molecule has 2 aliphatic heterocycles. The van der Waals surface area contributed by atoms with Gasteiger partial charge in [0.1, 0.15) is 15.7 Å². The van der Waals surface area contributed by atoms with Gasteiger partial charge in [0.2, 0.25) is 5.91 Å². The topological polar surface area (TPSA) is 57.7 Å². The van der Waals surface area contributed by atoms with E-state index in [4.69, 9.17) is 0 Å². The van der Waals surface area contributed by atoms with E-state index in [1.165, 1.54) is 31.0 Å². The zero-order valence-corrected chi connectivity index (χ0v) is 24.2. The van der Waals surface area contributed by atoms with Crippen LogP contribution in [0.2, 0.25) is 0 Å². The number of carbonyl (C=O) groups is 1. The van der Waals surface area contributed by atoms with E-state index in [9.17, 15) is 43.9 Å². The lowest BCUT2D eigenvalue weighted by Gasteiger charge is -2.44. The number of alkyl halides is 6. The first-order valence-electron chi connectivity index (χ1n) is 13.6. The maximum Gasteiger partial charge on any atom is 0.416 e. The molecular formula is C29H33F7N2O3S. The molecule has 0 aromatic heterocycles. The van der Waals surface area contributed by atoms with Gasteiger partial charge in [-0.25, -0.2) is 12.8 Å². The molecule has 0 N–H and O–H groups in total. The fourth-order valence-electron chi connectivity index (χ4n) is 6.11. The smallest absolute Gasteiger partial charge is 0.339 e. The molecule has 4 rings (SSSR count). The van der Waals surface area contributed by atoms with Crippen molar-refractivity contribution in [2.75, 3.05) is 31.6 Å². The monoisotopic (exact) mass is 622 g/mol. The number of aryl methyl sites for hydroxylation is 1. The highest BCUT2D eigenvalue weighted by Gasteiger charge is 2.42. The maximum absolute atomic E-state index is 14.0. The zero-order chi connectivity index (χ0) is 31.2. The van der Waals surface area contributed by atoms with Crippen LogP contribution in [-0.4, -0.2) is 61.8 Å². The number of rotatable bonds is 5. The molecule has 42 heavy (non-hydrogen) atoms. The van der Waals surface area contributed by atoms with Gasteiger partial charge in [0, 0.05) is 31.5 Å². The number of amides is 1. The van der Waals surface area contributed by atoms with Crippen molar-refractivity contribution >= 4 is 15.7 Å². The van der Waals surface area contributed by atoms with Crippen molar-refractivity contribution in [2.24, 2.45) is 5.92 Å². The van der Waals surface area contributed by atoms with Crippen molar-refractivity contribution in [3.63, 3.8) is 0 Å². The van der Waals surface area contributed by atoms with Crippen molar-refractivity contribution in [3.05, 3.63) is 70.0 Å². The van der Waals surface area contributed by atoms with E-state index in [0.717, 1.165) is 0 Å². The molecule has 2 fully saturated rings. The minimum absolute atomic E-state index is 0.0182. The molecule has 5 nitrogen and oxygen atoms in total. The molecule has 0 unspecified atom stereocenters. The second-order valence-electron chi connectivity index (χ2n) is 11.3. The summed E-state index contributed by atoms with van der Waals surface area (Å²) in [6.45, 7) is 3.92. The first kappa shape index (κ1) is 32.2. The maximum atomic E-state index is 14.0. The van der Waals surface area contributed by atoms with Crippen LogP contribution >= 0.6 is 0 Å². The summed E-state index contributed by atoms with van der Waals surface area (Å²) in [4.78, 5) is 17.2. The van der Waals surface area contributed by atoms with Gasteiger partial charge in [-0.15, -0.1) is 0 Å². The Morgan fingerprint density at radius 1 is 0.952 bits per heavy atom. The van der Waals surface area contributed by atoms with Crippen LogP contribution < -0.4 is 0 Å². The SMILES string of the molecule is Cc1cc(F)ccc1[C@H]1CN(C2CCS(=O)(=O)CC2)CC[C@@H]1C(=O)N(C)[C@H](C)c1cc(C(F)(F)F)cc(C(F)(F)F)c1. The number of likely N-dealkylation sites (tertiary alicyclic amines) is 1. The average Bonchev–Trinajstić information content (AvgIpc) is 2.90. The van der Waals surface area contributed by atoms with Gasteiger partial charge in [0.25, 0.3) is 0 Å². The van der Waals surface area contributed by atoms with Gasteiger partial charge >= 0.3 is 12.4 Å². The van der Waals surface area contributed by atoms with Gasteiger partial charge in [0.15, 0.2) is 0 Å². The molecule has 0 aliphatic carbocycles. The van der Waals surface area contributed by atoms with Gasteiger partial charge in [-0.05, 0) is 86.7 Å². The third kappa shape index (κ3) is 7.10. The number of halogens is 7. The molecule has 2 aromatic carbocycles. The van der Waals surface area contributed by atoms with Gasteiger partial charge in [-0.3, -0.25) is 9.69 Å². The number of benzene rings is 2. The summed E-state index contributed by atoms with van der Waals surface area (Å²) in [5.41, 5.74) is -1.90. The fraction of sp³-hybridized carbons (Fsp3) is 0.552. The van der Waals surface area contributed by atoms with Gasteiger partial charge < -0.3 is 4.90 Å². The molecule has 0 spiro atoms. The second kappa shape index (κ2) is 11.8. The molecule has 0 saturated carbocycles. The standard InChI is InChI=1S/C29H33F7N2O3S/c1-17-12-22(30)4-5-24(17)26-16-38(23-7-10-42(40,41)11-8-23)9-6-25(26)27(39)37(3)18(2)19-13-20(28(31,32)33)15-21(14-19)29(34,35)36/h4-5,12-15,18,23,25-26H,6-11,16H2,1-3H3/t18-,25+,26-/m1/s1. The van der Waals surface area contributed by atoms with Crippen LogP contribution in [0.15, 0.2) is 36.4 Å². The fourth-order valence-corrected chi connectivity index (χ4v) is 7.58. The van der Waals surface area contributed by atoms with E-state index in [2.05, 4.69) is 4.90 Å². The minimum atomic E-state index is -5.02. The molecule has 3 atom stereocenters. The Morgan fingerprint density at radius 2 is 1.52 bits per heavy atom. The van der Waals surface area contributed by atoms with Crippen LogP contribution in [0.4, 0.5) is 30.7 Å². The van der Waals surface area contributed by atoms with E-state index in [1.54, 1.807) is 13.0 Å². The van der Waals surface area contributed by atoms with Crippen molar-refractivity contribution in [2.45, 2.75) is 63.5 Å². The Balaban J connectivity index is 1.64. The number of nitrogens with zero attached hydrogens (tertiary/aromatic N) is 2. The largest absolute Gasteiger partial charge is 0.416 e. The highest BCUT2D eigenvalue weighted by Crippen LogP contribution is 2.41. The lowest BCUT2D eigenvalue weighted by molar-refractivity contribution is -0.143. The summed E-state index contributed by atoms with van der Waals surface area (Å²) in [7, 11) is -1.74. The number of piperidine rings is 1. The molecule has 2 aromatic rings. The van der Waals surface area contributed by atoms with Gasteiger partial charge in [0.05, 0.1) is 28.7 Å². The zero-order valence-electron chi connectivity index (χ0n) is 23.4. The normalized spacial score (nSPS) is 23.0. The summed E-state index contributed by atoms with van der Waals surface area (Å²) < 4.78 is 119. The van der Waals surface area contributed by atoms with Crippen LogP contribution in [-0.2, 0) is 27.0 Å². The molecule has 2 aliphatic rings. The highest BCUT2D eigenvalue weighted by molar-refractivity contribution is 7.91. The lowest BCUT2D eigenvalue weighted by atomic mass is 9.77. The molecule has 232 valence electrons. The van der Waals surface area contributed by atoms with Gasteiger partial charge in [-0.2, -0.15) is 26.3 Å². The van der Waals surface area contributed by atoms with Crippen molar-refractivity contribution < 1.29 is 43.9 Å². The Bertz CT molecular complexity index is 1380. The predicted molar refractivity (Wildman–Crippen MR) is 143 cm³/mol. The Hall–Kier alpha value is -2.67. The van der Waals surface area contributed by atoms with E-state index in [0.29, 0.717) is 55.6 Å². The highest BCUT2D eigenvalue weighted by atomic mass is 32.2. The number of sulfone groups is 1. The van der Waals surface area contributed by atoms with E-state index in [-0.39, 0.29) is 29.2 Å². The molecule has 0 radical (unpaired) electrons. The Kier molecular flexibility index (Phi) is 9.05. The van der Waals surface area contributed by atoms with E-state index in [1.807, 2.05) is 0 Å². The third-order valence-electron chi connectivity index (χ3n) is 8.65. The number of carbonyl (C=O) groups excluding carboxylic acids is 1.